The molecular weight excluding hydrogens is 496 g/mol. The Kier molecular flexibility index (Phi) is 7.71. The van der Waals surface area contributed by atoms with Gasteiger partial charge >= 0.3 is 0 Å². The Labute approximate surface area is 222 Å². The van der Waals surface area contributed by atoms with Crippen LogP contribution in [0, 0.1) is 12.8 Å². The van der Waals surface area contributed by atoms with Gasteiger partial charge in [0.15, 0.2) is 5.56 Å². The predicted octanol–water partition coefficient (Wildman–Crippen LogP) is 2.24. The summed E-state index contributed by atoms with van der Waals surface area (Å²) in [6, 6.07) is 0.0447. The number of carbonyl (C=O) groups excluding carboxylic acids is 2. The van der Waals surface area contributed by atoms with Crippen molar-refractivity contribution in [2.45, 2.75) is 77.4 Å². The maximum atomic E-state index is 13.5. The molecule has 2 aromatic heterocycles. The SMILES string of the molecule is Cc1nn2c(O)c(C(=O)NC3CC3)c(=O)n(CC(C)C)c2c1/C=C/C(=O)N1CCCC12CCNCC2.Cl. The summed E-state index contributed by atoms with van der Waals surface area (Å²) < 4.78 is 2.76. The van der Waals surface area contributed by atoms with E-state index in [0.29, 0.717) is 23.4 Å². The Bertz CT molecular complexity index is 1290. The van der Waals surface area contributed by atoms with Crippen LogP contribution in [0.15, 0.2) is 10.9 Å². The fourth-order valence-corrected chi connectivity index (χ4v) is 5.72. The van der Waals surface area contributed by atoms with Crippen molar-refractivity contribution in [2.75, 3.05) is 19.6 Å². The quantitative estimate of drug-likeness (QED) is 0.491. The van der Waals surface area contributed by atoms with Gasteiger partial charge in [0.2, 0.25) is 11.8 Å². The van der Waals surface area contributed by atoms with Crippen LogP contribution < -0.4 is 16.2 Å². The summed E-state index contributed by atoms with van der Waals surface area (Å²) in [6.45, 7) is 8.65. The maximum Gasteiger partial charge on any atom is 0.270 e. The number of hydrogen-bond donors (Lipinski definition) is 3. The molecule has 2 aromatic rings. The third-order valence-electron chi connectivity index (χ3n) is 7.70. The molecule has 1 saturated carbocycles. The molecule has 202 valence electrons. The van der Waals surface area contributed by atoms with Crippen molar-refractivity contribution < 1.29 is 14.7 Å². The van der Waals surface area contributed by atoms with Crippen LogP contribution in [0.1, 0.15) is 74.0 Å². The molecule has 1 spiro atoms. The standard InChI is InChI=1S/C26H36N6O4.ClH/c1-16(2)15-30-23-19(7-8-20(33)31-14-4-9-26(31)10-12-27-13-11-26)17(3)29-32(23)25(36)21(24(30)35)22(34)28-18-5-6-18;/h7-8,16,18,27,36H,4-6,9-15H2,1-3H3,(H,28,34);1H/b8-7+;. The van der Waals surface area contributed by atoms with Crippen molar-refractivity contribution in [1.29, 1.82) is 0 Å². The third-order valence-corrected chi connectivity index (χ3v) is 7.70. The van der Waals surface area contributed by atoms with Gasteiger partial charge in [0.05, 0.1) is 5.69 Å². The number of carbonyl (C=O) groups is 2. The number of aromatic hydroxyl groups is 1. The van der Waals surface area contributed by atoms with Gasteiger partial charge in [-0.1, -0.05) is 13.8 Å². The second kappa shape index (κ2) is 10.5. The van der Waals surface area contributed by atoms with Crippen LogP contribution >= 0.6 is 12.4 Å². The van der Waals surface area contributed by atoms with Gasteiger partial charge in [0.1, 0.15) is 5.65 Å². The van der Waals surface area contributed by atoms with E-state index in [2.05, 4.69) is 15.7 Å². The molecule has 1 aliphatic carbocycles. The fraction of sp³-hybridized carbons (Fsp3) is 0.615. The predicted molar refractivity (Wildman–Crippen MR) is 143 cm³/mol. The number of fused-ring (bicyclic) bond motifs is 1. The Morgan fingerprint density at radius 2 is 1.95 bits per heavy atom. The second-order valence-corrected chi connectivity index (χ2v) is 10.9. The van der Waals surface area contributed by atoms with E-state index < -0.39 is 17.3 Å². The minimum atomic E-state index is -0.582. The molecule has 11 heteroatoms. The molecule has 4 heterocycles. The molecule has 3 fully saturated rings. The summed E-state index contributed by atoms with van der Waals surface area (Å²) in [5.74, 6) is -0.999. The van der Waals surface area contributed by atoms with Gasteiger partial charge in [-0.05, 0) is 70.5 Å². The Morgan fingerprint density at radius 3 is 2.59 bits per heavy atom. The van der Waals surface area contributed by atoms with Crippen LogP contribution in [-0.4, -0.2) is 67.2 Å². The van der Waals surface area contributed by atoms with Crippen LogP contribution in [0.3, 0.4) is 0 Å². The highest BCUT2D eigenvalue weighted by Gasteiger charge is 2.43. The van der Waals surface area contributed by atoms with E-state index in [9.17, 15) is 19.5 Å². The minimum absolute atomic E-state index is 0. The lowest BCUT2D eigenvalue weighted by molar-refractivity contribution is -0.130. The summed E-state index contributed by atoms with van der Waals surface area (Å²) in [5.41, 5.74) is 0.599. The average molecular weight is 533 g/mol. The normalized spacial score (nSPS) is 19.2. The lowest BCUT2D eigenvalue weighted by Gasteiger charge is -2.41. The molecule has 37 heavy (non-hydrogen) atoms. The van der Waals surface area contributed by atoms with Gasteiger partial charge < -0.3 is 20.6 Å². The number of nitrogens with one attached hydrogen (secondary N) is 2. The summed E-state index contributed by atoms with van der Waals surface area (Å²) in [4.78, 5) is 41.6. The molecule has 0 aromatic carbocycles. The highest BCUT2D eigenvalue weighted by Crippen LogP contribution is 2.37. The van der Waals surface area contributed by atoms with Crippen LogP contribution in [-0.2, 0) is 11.3 Å². The number of amides is 2. The van der Waals surface area contributed by atoms with E-state index in [1.165, 1.54) is 9.08 Å². The molecule has 2 amide bonds. The number of nitrogens with zero attached hydrogens (tertiary/aromatic N) is 4. The molecule has 10 nitrogen and oxygen atoms in total. The summed E-state index contributed by atoms with van der Waals surface area (Å²) >= 11 is 0. The van der Waals surface area contributed by atoms with Gasteiger partial charge in [0.25, 0.3) is 11.5 Å². The number of likely N-dealkylation sites (tertiary alicyclic amines) is 1. The number of piperidine rings is 1. The van der Waals surface area contributed by atoms with Gasteiger partial charge in [0, 0.05) is 36.3 Å². The summed E-state index contributed by atoms with van der Waals surface area (Å²) in [5, 5.41) is 21.6. The topological polar surface area (TPSA) is 121 Å². The number of rotatable bonds is 6. The summed E-state index contributed by atoms with van der Waals surface area (Å²) in [6.07, 6.45) is 8.94. The molecule has 2 aliphatic heterocycles. The van der Waals surface area contributed by atoms with Crippen LogP contribution in [0.5, 0.6) is 5.88 Å². The first-order valence-corrected chi connectivity index (χ1v) is 13.1. The number of aryl methyl sites for hydroxylation is 1. The van der Waals surface area contributed by atoms with Crippen LogP contribution in [0.2, 0.25) is 0 Å². The van der Waals surface area contributed by atoms with Crippen LogP contribution in [0.25, 0.3) is 11.7 Å². The van der Waals surface area contributed by atoms with Crippen molar-refractivity contribution >= 4 is 35.9 Å². The lowest BCUT2D eigenvalue weighted by atomic mass is 9.85. The minimum Gasteiger partial charge on any atom is -0.492 e. The Morgan fingerprint density at radius 1 is 1.24 bits per heavy atom. The first kappa shape index (κ1) is 27.2. The van der Waals surface area contributed by atoms with Gasteiger partial charge in [-0.15, -0.1) is 12.4 Å². The zero-order chi connectivity index (χ0) is 25.6. The average Bonchev–Trinajstić information content (AvgIpc) is 3.46. The molecule has 3 aliphatic rings. The zero-order valence-electron chi connectivity index (χ0n) is 21.7. The van der Waals surface area contributed by atoms with Crippen LogP contribution in [0.4, 0.5) is 0 Å². The van der Waals surface area contributed by atoms with Gasteiger partial charge in [-0.25, -0.2) is 0 Å². The number of halogens is 1. The Balaban J connectivity index is 0.00000320. The Hall–Kier alpha value is -2.85. The zero-order valence-corrected chi connectivity index (χ0v) is 22.6. The van der Waals surface area contributed by atoms with Gasteiger partial charge in [-0.2, -0.15) is 9.61 Å². The van der Waals surface area contributed by atoms with Crippen molar-refractivity contribution in [1.82, 2.24) is 29.7 Å². The van der Waals surface area contributed by atoms with E-state index in [1.54, 1.807) is 19.1 Å². The lowest BCUT2D eigenvalue weighted by Crippen LogP contribution is -2.52. The largest absolute Gasteiger partial charge is 0.492 e. The van der Waals surface area contributed by atoms with Crippen molar-refractivity contribution in [2.24, 2.45) is 5.92 Å². The number of aromatic nitrogens is 3. The third kappa shape index (κ3) is 5.01. The molecule has 0 atom stereocenters. The molecular formula is C26H37ClN6O4. The van der Waals surface area contributed by atoms with Crippen molar-refractivity contribution in [3.8, 4) is 5.88 Å². The number of hydrogen-bond acceptors (Lipinski definition) is 6. The highest BCUT2D eigenvalue weighted by atomic mass is 35.5. The first-order chi connectivity index (χ1) is 17.2. The smallest absolute Gasteiger partial charge is 0.270 e. The van der Waals surface area contributed by atoms with E-state index in [0.717, 1.165) is 58.2 Å². The molecule has 5 rings (SSSR count). The molecule has 0 unspecified atom stereocenters. The van der Waals surface area contributed by atoms with Crippen molar-refractivity contribution in [3.05, 3.63) is 33.3 Å². The highest BCUT2D eigenvalue weighted by molar-refractivity contribution is 5.97. The monoisotopic (exact) mass is 532 g/mol. The van der Waals surface area contributed by atoms with E-state index in [-0.39, 0.29) is 41.4 Å². The summed E-state index contributed by atoms with van der Waals surface area (Å²) in [7, 11) is 0. The van der Waals surface area contributed by atoms with Crippen molar-refractivity contribution in [3.63, 3.8) is 0 Å². The fourth-order valence-electron chi connectivity index (χ4n) is 5.72. The second-order valence-electron chi connectivity index (χ2n) is 10.9. The van der Waals surface area contributed by atoms with E-state index in [4.69, 9.17) is 0 Å². The van der Waals surface area contributed by atoms with E-state index in [1.807, 2.05) is 18.7 Å². The van der Waals surface area contributed by atoms with Gasteiger partial charge in [-0.3, -0.25) is 19.0 Å². The molecule has 0 radical (unpaired) electrons. The molecule has 3 N–H and O–H groups in total. The molecule has 0 bridgehead atoms. The van der Waals surface area contributed by atoms with E-state index >= 15 is 0 Å². The first-order valence-electron chi connectivity index (χ1n) is 13.1. The molecule has 2 saturated heterocycles. The maximum absolute atomic E-state index is 13.5.